The first kappa shape index (κ1) is 17.8. The fourth-order valence-electron chi connectivity index (χ4n) is 3.51. The molecule has 0 aliphatic heterocycles. The molecule has 6 nitrogen and oxygen atoms in total. The minimum Gasteiger partial charge on any atom is -0.411 e. The van der Waals surface area contributed by atoms with Crippen molar-refractivity contribution < 1.29 is 4.42 Å². The zero-order valence-corrected chi connectivity index (χ0v) is 16.8. The van der Waals surface area contributed by atoms with Gasteiger partial charge < -0.3 is 14.4 Å². The maximum absolute atomic E-state index is 11.9. The van der Waals surface area contributed by atoms with Crippen LogP contribution in [0, 0.1) is 13.8 Å². The van der Waals surface area contributed by atoms with Crippen LogP contribution in [-0.2, 0) is 5.75 Å². The summed E-state index contributed by atoms with van der Waals surface area (Å²) < 4.78 is 5.87. The van der Waals surface area contributed by atoms with Crippen molar-refractivity contribution in [1.29, 1.82) is 0 Å². The molecule has 3 heterocycles. The minimum atomic E-state index is -0.115. The molecule has 0 aliphatic carbocycles. The lowest BCUT2D eigenvalue weighted by Gasteiger charge is -2.04. The van der Waals surface area contributed by atoms with E-state index in [9.17, 15) is 4.79 Å². The molecule has 0 fully saturated rings. The van der Waals surface area contributed by atoms with Crippen molar-refractivity contribution in [3.05, 3.63) is 75.7 Å². The number of aryl methyl sites for hydroxylation is 2. The second-order valence-corrected chi connectivity index (χ2v) is 7.93. The van der Waals surface area contributed by atoms with Gasteiger partial charge in [0.05, 0.1) is 0 Å². The molecule has 0 aliphatic rings. The van der Waals surface area contributed by atoms with Gasteiger partial charge in [-0.25, -0.2) is 0 Å². The summed E-state index contributed by atoms with van der Waals surface area (Å²) in [7, 11) is 0. The summed E-state index contributed by atoms with van der Waals surface area (Å²) in [5.74, 6) is 1.06. The van der Waals surface area contributed by atoms with E-state index in [4.69, 9.17) is 4.42 Å². The van der Waals surface area contributed by atoms with E-state index in [1.54, 1.807) is 6.07 Å². The summed E-state index contributed by atoms with van der Waals surface area (Å²) in [5, 5.41) is 11.0. The number of hydrogen-bond acceptors (Lipinski definition) is 5. The third-order valence-electron chi connectivity index (χ3n) is 5.15. The van der Waals surface area contributed by atoms with Crippen LogP contribution in [0.25, 0.3) is 33.3 Å². The predicted octanol–water partition coefficient (Wildman–Crippen LogP) is 4.97. The van der Waals surface area contributed by atoms with Crippen molar-refractivity contribution in [2.24, 2.45) is 0 Å². The van der Waals surface area contributed by atoms with E-state index in [-0.39, 0.29) is 5.56 Å². The molecule has 3 aromatic heterocycles. The van der Waals surface area contributed by atoms with Crippen molar-refractivity contribution >= 4 is 33.6 Å². The summed E-state index contributed by atoms with van der Waals surface area (Å²) >= 11 is 1.42. The molecule has 29 heavy (non-hydrogen) atoms. The minimum absolute atomic E-state index is 0.115. The summed E-state index contributed by atoms with van der Waals surface area (Å²) in [6.07, 6.45) is 0. The molecule has 5 rings (SSSR count). The largest absolute Gasteiger partial charge is 0.411 e. The number of aromatic amines is 2. The highest BCUT2D eigenvalue weighted by Gasteiger charge is 2.13. The average molecular weight is 402 g/mol. The van der Waals surface area contributed by atoms with Gasteiger partial charge in [-0.3, -0.25) is 4.79 Å². The topological polar surface area (TPSA) is 87.6 Å². The molecule has 0 radical (unpaired) electrons. The zero-order valence-electron chi connectivity index (χ0n) is 15.9. The van der Waals surface area contributed by atoms with Crippen LogP contribution in [0.4, 0.5) is 0 Å². The van der Waals surface area contributed by atoms with E-state index in [1.165, 1.54) is 17.3 Å². The maximum Gasteiger partial charge on any atom is 0.277 e. The third-order valence-corrected chi connectivity index (χ3v) is 6.02. The molecule has 0 bridgehead atoms. The summed E-state index contributed by atoms with van der Waals surface area (Å²) in [4.78, 5) is 18.1. The number of H-pyrrole nitrogens is 2. The van der Waals surface area contributed by atoms with E-state index >= 15 is 0 Å². The number of para-hydroxylation sites is 1. The molecule has 2 N–H and O–H groups in total. The zero-order chi connectivity index (χ0) is 20.0. The fraction of sp³-hybridized carbons (Fsp3) is 0.136. The Hall–Kier alpha value is -3.32. The van der Waals surface area contributed by atoms with Crippen LogP contribution in [0.5, 0.6) is 0 Å². The lowest BCUT2D eigenvalue weighted by atomic mass is 10.1. The van der Waals surface area contributed by atoms with Crippen molar-refractivity contribution in [3.63, 3.8) is 0 Å². The van der Waals surface area contributed by atoms with Crippen LogP contribution in [0.3, 0.4) is 0 Å². The molecular weight excluding hydrogens is 384 g/mol. The quantitative estimate of drug-likeness (QED) is 0.415. The number of aromatic nitrogens is 4. The normalized spacial score (nSPS) is 11.5. The molecule has 0 atom stereocenters. The van der Waals surface area contributed by atoms with Crippen LogP contribution in [0.2, 0.25) is 0 Å². The van der Waals surface area contributed by atoms with E-state index in [0.717, 1.165) is 38.6 Å². The Morgan fingerprint density at radius 3 is 2.69 bits per heavy atom. The van der Waals surface area contributed by atoms with E-state index in [0.29, 0.717) is 16.9 Å². The van der Waals surface area contributed by atoms with Crippen LogP contribution >= 0.6 is 11.8 Å². The number of pyridine rings is 1. The first-order valence-corrected chi connectivity index (χ1v) is 10.2. The number of fused-ring (bicyclic) bond motifs is 2. The van der Waals surface area contributed by atoms with Gasteiger partial charge in [-0.2, -0.15) is 0 Å². The van der Waals surface area contributed by atoms with Crippen molar-refractivity contribution in [2.45, 2.75) is 24.8 Å². The number of benzene rings is 2. The lowest BCUT2D eigenvalue weighted by Crippen LogP contribution is -2.05. The third kappa shape index (κ3) is 3.23. The Morgan fingerprint density at radius 2 is 1.79 bits per heavy atom. The number of nitrogens with one attached hydrogen (secondary N) is 2. The predicted molar refractivity (Wildman–Crippen MR) is 115 cm³/mol. The van der Waals surface area contributed by atoms with Gasteiger partial charge in [0.2, 0.25) is 11.4 Å². The van der Waals surface area contributed by atoms with Gasteiger partial charge in [0, 0.05) is 44.9 Å². The summed E-state index contributed by atoms with van der Waals surface area (Å²) in [6.45, 7) is 4.16. The van der Waals surface area contributed by atoms with Crippen LogP contribution in [-0.4, -0.2) is 20.2 Å². The van der Waals surface area contributed by atoms with Gasteiger partial charge in [0.25, 0.3) is 5.22 Å². The van der Waals surface area contributed by atoms with E-state index < -0.39 is 0 Å². The highest BCUT2D eigenvalue weighted by Crippen LogP contribution is 2.30. The monoisotopic (exact) mass is 402 g/mol. The number of nitrogens with zero attached hydrogens (tertiary/aromatic N) is 2. The number of rotatable bonds is 4. The lowest BCUT2D eigenvalue weighted by molar-refractivity contribution is 0.466. The molecule has 0 saturated heterocycles. The van der Waals surface area contributed by atoms with Crippen molar-refractivity contribution in [1.82, 2.24) is 20.2 Å². The van der Waals surface area contributed by atoms with Gasteiger partial charge in [0.15, 0.2) is 0 Å². The Kier molecular flexibility index (Phi) is 4.24. The molecule has 2 aromatic carbocycles. The maximum atomic E-state index is 11.9. The molecule has 144 valence electrons. The molecule has 7 heteroatoms. The summed E-state index contributed by atoms with van der Waals surface area (Å²) in [6, 6.07) is 15.5. The standard InChI is InChI=1S/C22H18N4O2S/c1-12-13(2)23-19-8-7-14(9-17(12)19)21-25-26-22(28-21)29-11-15-10-20(27)24-18-6-4-3-5-16(15)18/h3-10,23H,11H2,1-2H3,(H,24,27). The van der Waals surface area contributed by atoms with Crippen molar-refractivity contribution in [3.8, 4) is 11.5 Å². The second kappa shape index (κ2) is 6.93. The Labute approximate surface area is 170 Å². The molecular formula is C22H18N4O2S. The average Bonchev–Trinajstić information content (AvgIpc) is 3.31. The van der Waals surface area contributed by atoms with Crippen LogP contribution in [0.1, 0.15) is 16.8 Å². The number of hydrogen-bond donors (Lipinski definition) is 2. The number of thioether (sulfide) groups is 1. The molecule has 0 amide bonds. The Balaban J connectivity index is 1.41. The fourth-order valence-corrected chi connectivity index (χ4v) is 4.27. The first-order valence-electron chi connectivity index (χ1n) is 9.25. The highest BCUT2D eigenvalue weighted by atomic mass is 32.2. The second-order valence-electron chi connectivity index (χ2n) is 7.00. The van der Waals surface area contributed by atoms with Gasteiger partial charge in [-0.15, -0.1) is 10.2 Å². The van der Waals surface area contributed by atoms with E-state index in [1.807, 2.05) is 36.4 Å². The highest BCUT2D eigenvalue weighted by molar-refractivity contribution is 7.98. The van der Waals surface area contributed by atoms with Gasteiger partial charge in [0.1, 0.15) is 0 Å². The van der Waals surface area contributed by atoms with Crippen LogP contribution < -0.4 is 5.56 Å². The molecule has 0 unspecified atom stereocenters. The van der Waals surface area contributed by atoms with Crippen molar-refractivity contribution in [2.75, 3.05) is 0 Å². The molecule has 5 aromatic rings. The van der Waals surface area contributed by atoms with Gasteiger partial charge in [-0.05, 0) is 49.2 Å². The smallest absolute Gasteiger partial charge is 0.277 e. The summed E-state index contributed by atoms with van der Waals surface area (Å²) in [5.41, 5.74) is 6.01. The molecule has 0 spiro atoms. The Bertz CT molecular complexity index is 1410. The first-order chi connectivity index (χ1) is 14.1. The molecule has 0 saturated carbocycles. The van der Waals surface area contributed by atoms with Gasteiger partial charge in [-0.1, -0.05) is 30.0 Å². The van der Waals surface area contributed by atoms with E-state index in [2.05, 4.69) is 40.1 Å². The van der Waals surface area contributed by atoms with Crippen LogP contribution in [0.15, 0.2) is 63.0 Å². The van der Waals surface area contributed by atoms with Gasteiger partial charge >= 0.3 is 0 Å². The Morgan fingerprint density at radius 1 is 0.966 bits per heavy atom. The SMILES string of the molecule is Cc1[nH]c2ccc(-c3nnc(SCc4cc(=O)[nH]c5ccccc45)o3)cc2c1C.